The van der Waals surface area contributed by atoms with Crippen LogP contribution in [-0.4, -0.2) is 30.6 Å². The number of hydrogen-bond donors (Lipinski definition) is 1. The first-order chi connectivity index (χ1) is 9.67. The van der Waals surface area contributed by atoms with Crippen LogP contribution in [0.4, 0.5) is 0 Å². The normalized spacial score (nSPS) is 13.1. The van der Waals surface area contributed by atoms with Gasteiger partial charge in [0.25, 0.3) is 0 Å². The highest BCUT2D eigenvalue weighted by atomic mass is 15.2. The first kappa shape index (κ1) is 17.2. The van der Waals surface area contributed by atoms with Crippen LogP contribution in [-0.2, 0) is 6.54 Å². The molecule has 0 bridgehead atoms. The van der Waals surface area contributed by atoms with E-state index >= 15 is 0 Å². The minimum Gasteiger partial charge on any atom is -0.315 e. The van der Waals surface area contributed by atoms with Crippen molar-refractivity contribution in [3.05, 3.63) is 35.9 Å². The van der Waals surface area contributed by atoms with E-state index in [4.69, 9.17) is 0 Å². The fourth-order valence-corrected chi connectivity index (χ4v) is 2.60. The van der Waals surface area contributed by atoms with E-state index in [2.05, 4.69) is 68.2 Å². The number of benzene rings is 1. The average molecular weight is 276 g/mol. The van der Waals surface area contributed by atoms with Crippen molar-refractivity contribution in [3.63, 3.8) is 0 Å². The highest BCUT2D eigenvalue weighted by Crippen LogP contribution is 2.12. The third-order valence-electron chi connectivity index (χ3n) is 3.71. The lowest BCUT2D eigenvalue weighted by molar-refractivity contribution is 0.181. The maximum absolute atomic E-state index is 3.63. The number of nitrogens with one attached hydrogen (secondary N) is 1. The predicted molar refractivity (Wildman–Crippen MR) is 88.9 cm³/mol. The van der Waals surface area contributed by atoms with Gasteiger partial charge in [0, 0.05) is 19.1 Å². The van der Waals surface area contributed by atoms with Gasteiger partial charge in [-0.1, -0.05) is 64.4 Å². The molecule has 0 aliphatic rings. The molecular weight excluding hydrogens is 244 g/mol. The molecule has 1 rings (SSSR count). The minimum atomic E-state index is 0.643. The van der Waals surface area contributed by atoms with Crippen LogP contribution in [0.15, 0.2) is 30.3 Å². The van der Waals surface area contributed by atoms with E-state index in [0.29, 0.717) is 6.04 Å². The maximum Gasteiger partial charge on any atom is 0.0237 e. The molecule has 1 atom stereocenters. The number of nitrogens with zero attached hydrogens (tertiary/aromatic N) is 1. The van der Waals surface area contributed by atoms with Gasteiger partial charge in [0.1, 0.15) is 0 Å². The summed E-state index contributed by atoms with van der Waals surface area (Å²) in [5, 5.41) is 3.63. The molecule has 0 amide bonds. The highest BCUT2D eigenvalue weighted by molar-refractivity contribution is 5.14. The van der Waals surface area contributed by atoms with E-state index in [1.165, 1.54) is 18.4 Å². The van der Waals surface area contributed by atoms with Crippen LogP contribution in [0.5, 0.6) is 0 Å². The SMILES string of the molecule is CCCC(CNCC(C)C)N(CC)Cc1ccccc1. The molecule has 20 heavy (non-hydrogen) atoms. The Hall–Kier alpha value is -0.860. The first-order valence-corrected chi connectivity index (χ1v) is 8.16. The summed E-state index contributed by atoms with van der Waals surface area (Å²) in [5.74, 6) is 0.724. The van der Waals surface area contributed by atoms with E-state index in [-0.39, 0.29) is 0 Å². The molecule has 2 heteroatoms. The lowest BCUT2D eigenvalue weighted by Crippen LogP contribution is -2.42. The fourth-order valence-electron chi connectivity index (χ4n) is 2.60. The highest BCUT2D eigenvalue weighted by Gasteiger charge is 2.16. The van der Waals surface area contributed by atoms with Crippen molar-refractivity contribution in [2.45, 2.75) is 53.1 Å². The van der Waals surface area contributed by atoms with Crippen LogP contribution in [0.25, 0.3) is 0 Å². The molecule has 0 radical (unpaired) electrons. The second-order valence-corrected chi connectivity index (χ2v) is 6.04. The van der Waals surface area contributed by atoms with E-state index < -0.39 is 0 Å². The van der Waals surface area contributed by atoms with Crippen molar-refractivity contribution < 1.29 is 0 Å². The lowest BCUT2D eigenvalue weighted by Gasteiger charge is -2.31. The van der Waals surface area contributed by atoms with Crippen LogP contribution in [0, 0.1) is 5.92 Å². The molecule has 0 aliphatic carbocycles. The van der Waals surface area contributed by atoms with Crippen molar-refractivity contribution in [1.82, 2.24) is 10.2 Å². The number of rotatable bonds is 10. The Morgan fingerprint density at radius 2 is 1.75 bits per heavy atom. The van der Waals surface area contributed by atoms with Gasteiger partial charge in [-0.25, -0.2) is 0 Å². The molecule has 114 valence electrons. The summed E-state index contributed by atoms with van der Waals surface area (Å²) < 4.78 is 0. The maximum atomic E-state index is 3.63. The predicted octanol–water partition coefficient (Wildman–Crippen LogP) is 3.92. The Kier molecular flexibility index (Phi) is 8.56. The second-order valence-electron chi connectivity index (χ2n) is 6.04. The Morgan fingerprint density at radius 1 is 1.05 bits per heavy atom. The van der Waals surface area contributed by atoms with Crippen LogP contribution >= 0.6 is 0 Å². The van der Waals surface area contributed by atoms with Gasteiger partial charge in [0.05, 0.1) is 0 Å². The third-order valence-corrected chi connectivity index (χ3v) is 3.71. The molecule has 0 saturated heterocycles. The minimum absolute atomic E-state index is 0.643. The van der Waals surface area contributed by atoms with Crippen molar-refractivity contribution in [1.29, 1.82) is 0 Å². The summed E-state index contributed by atoms with van der Waals surface area (Å²) in [6.45, 7) is 13.5. The van der Waals surface area contributed by atoms with Gasteiger partial charge >= 0.3 is 0 Å². The van der Waals surface area contributed by atoms with Crippen molar-refractivity contribution in [3.8, 4) is 0 Å². The number of hydrogen-bond acceptors (Lipinski definition) is 2. The summed E-state index contributed by atoms with van der Waals surface area (Å²) >= 11 is 0. The van der Waals surface area contributed by atoms with Gasteiger partial charge in [0.2, 0.25) is 0 Å². The van der Waals surface area contributed by atoms with E-state index in [0.717, 1.165) is 32.1 Å². The summed E-state index contributed by atoms with van der Waals surface area (Å²) in [4.78, 5) is 2.60. The molecular formula is C18H32N2. The van der Waals surface area contributed by atoms with Gasteiger partial charge in [0.15, 0.2) is 0 Å². The largest absolute Gasteiger partial charge is 0.315 e. The molecule has 1 unspecified atom stereocenters. The van der Waals surface area contributed by atoms with Crippen molar-refractivity contribution >= 4 is 0 Å². The topological polar surface area (TPSA) is 15.3 Å². The summed E-state index contributed by atoms with van der Waals surface area (Å²) in [6.07, 6.45) is 2.52. The van der Waals surface area contributed by atoms with E-state index in [1.54, 1.807) is 0 Å². The zero-order chi connectivity index (χ0) is 14.8. The van der Waals surface area contributed by atoms with Crippen LogP contribution < -0.4 is 5.32 Å². The van der Waals surface area contributed by atoms with E-state index in [9.17, 15) is 0 Å². The molecule has 0 spiro atoms. The lowest BCUT2D eigenvalue weighted by atomic mass is 10.1. The number of likely N-dealkylation sites (N-methyl/N-ethyl adjacent to an activating group) is 1. The second kappa shape index (κ2) is 9.95. The van der Waals surface area contributed by atoms with Gasteiger partial charge in [-0.3, -0.25) is 4.90 Å². The molecule has 1 N–H and O–H groups in total. The molecule has 0 aliphatic heterocycles. The van der Waals surface area contributed by atoms with Crippen LogP contribution in [0.1, 0.15) is 46.1 Å². The smallest absolute Gasteiger partial charge is 0.0237 e. The molecule has 0 aromatic heterocycles. The van der Waals surface area contributed by atoms with Gasteiger partial charge in [-0.05, 0) is 31.0 Å². The van der Waals surface area contributed by atoms with Crippen molar-refractivity contribution in [2.24, 2.45) is 5.92 Å². The van der Waals surface area contributed by atoms with Gasteiger partial charge in [-0.15, -0.1) is 0 Å². The zero-order valence-corrected chi connectivity index (χ0v) is 13.7. The Labute approximate surface area is 125 Å². The van der Waals surface area contributed by atoms with Crippen molar-refractivity contribution in [2.75, 3.05) is 19.6 Å². The molecule has 0 saturated carbocycles. The molecule has 0 fully saturated rings. The summed E-state index contributed by atoms with van der Waals surface area (Å²) in [6, 6.07) is 11.5. The fraction of sp³-hybridized carbons (Fsp3) is 0.667. The van der Waals surface area contributed by atoms with Gasteiger partial charge < -0.3 is 5.32 Å². The zero-order valence-electron chi connectivity index (χ0n) is 13.7. The molecule has 2 nitrogen and oxygen atoms in total. The molecule has 1 aromatic rings. The van der Waals surface area contributed by atoms with Gasteiger partial charge in [-0.2, -0.15) is 0 Å². The molecule has 0 heterocycles. The summed E-state index contributed by atoms with van der Waals surface area (Å²) in [5.41, 5.74) is 1.42. The Morgan fingerprint density at radius 3 is 2.30 bits per heavy atom. The Balaban J connectivity index is 2.56. The standard InChI is InChI=1S/C18H32N2/c1-5-10-18(14-19-13-16(3)4)20(6-2)15-17-11-8-7-9-12-17/h7-9,11-12,16,18-19H,5-6,10,13-15H2,1-4H3. The summed E-state index contributed by atoms with van der Waals surface area (Å²) in [7, 11) is 0. The van der Waals surface area contributed by atoms with E-state index in [1.807, 2.05) is 0 Å². The first-order valence-electron chi connectivity index (χ1n) is 8.16. The van der Waals surface area contributed by atoms with Crippen LogP contribution in [0.2, 0.25) is 0 Å². The monoisotopic (exact) mass is 276 g/mol. The Bertz CT molecular complexity index is 335. The quantitative estimate of drug-likeness (QED) is 0.697. The third kappa shape index (κ3) is 6.53. The van der Waals surface area contributed by atoms with Crippen LogP contribution in [0.3, 0.4) is 0 Å². The average Bonchev–Trinajstić information content (AvgIpc) is 2.45. The molecule has 1 aromatic carbocycles.